The summed E-state index contributed by atoms with van der Waals surface area (Å²) in [6, 6.07) is 0. The van der Waals surface area contributed by atoms with Crippen LogP contribution < -0.4 is 35.7 Å². The molecule has 0 aliphatic rings. The van der Waals surface area contributed by atoms with Crippen LogP contribution in [0.5, 0.6) is 0 Å². The first-order valence-electron chi connectivity index (χ1n) is 0.873. The van der Waals surface area contributed by atoms with Crippen LogP contribution in [0.1, 0.15) is 1.43 Å². The molecule has 0 fully saturated rings. The SMILES string of the molecule is F[B-](F)(F)F.N.[H-].[Na+]. The Morgan fingerprint density at radius 2 is 1.00 bits per heavy atom. The van der Waals surface area contributed by atoms with Gasteiger partial charge in [-0.05, 0) is 0 Å². The Kier molecular flexibility index (Phi) is 10.9. The van der Waals surface area contributed by atoms with Crippen molar-refractivity contribution >= 4 is 7.25 Å². The monoisotopic (exact) mass is 128 g/mol. The van der Waals surface area contributed by atoms with Gasteiger partial charge in [-0.15, -0.1) is 0 Å². The van der Waals surface area contributed by atoms with Crippen LogP contribution in [0.3, 0.4) is 0 Å². The van der Waals surface area contributed by atoms with E-state index in [1.165, 1.54) is 0 Å². The Hall–Kier alpha value is 0.745. The molecule has 0 aromatic rings. The molecule has 0 saturated carbocycles. The van der Waals surface area contributed by atoms with Crippen LogP contribution in [-0.4, -0.2) is 7.25 Å². The van der Waals surface area contributed by atoms with E-state index in [0.29, 0.717) is 0 Å². The van der Waals surface area contributed by atoms with Crippen LogP contribution in [0.15, 0.2) is 0 Å². The quantitative estimate of drug-likeness (QED) is 0.315. The van der Waals surface area contributed by atoms with Gasteiger partial charge in [-0.25, -0.2) is 0 Å². The summed E-state index contributed by atoms with van der Waals surface area (Å²) in [4.78, 5) is 0. The van der Waals surface area contributed by atoms with E-state index < -0.39 is 7.25 Å². The fraction of sp³-hybridized carbons (Fsp3) is 0. The molecule has 0 aromatic carbocycles. The molecule has 0 amide bonds. The predicted molar refractivity (Wildman–Crippen MR) is 16.3 cm³/mol. The van der Waals surface area contributed by atoms with E-state index in [2.05, 4.69) is 0 Å². The minimum Gasteiger partial charge on any atom is -1.00 e. The van der Waals surface area contributed by atoms with Crippen molar-refractivity contribution in [3.05, 3.63) is 0 Å². The summed E-state index contributed by atoms with van der Waals surface area (Å²) in [6.45, 7) is 0. The fourth-order valence-corrected chi connectivity index (χ4v) is 0. The van der Waals surface area contributed by atoms with Crippen molar-refractivity contribution in [3.8, 4) is 0 Å². The zero-order valence-electron chi connectivity index (χ0n) is 4.80. The third-order valence-electron chi connectivity index (χ3n) is 0. The minimum atomic E-state index is -6.00. The third kappa shape index (κ3) is 274. The second kappa shape index (κ2) is 4.89. The van der Waals surface area contributed by atoms with E-state index in [0.717, 1.165) is 0 Å². The third-order valence-corrected chi connectivity index (χ3v) is 0. The summed E-state index contributed by atoms with van der Waals surface area (Å²) in [7, 11) is -6.00. The Morgan fingerprint density at radius 1 is 1.00 bits per heavy atom. The van der Waals surface area contributed by atoms with Crippen LogP contribution in [0.2, 0.25) is 0 Å². The molecule has 0 aliphatic carbocycles. The van der Waals surface area contributed by atoms with E-state index in [-0.39, 0.29) is 37.1 Å². The molecular weight excluding hydrogens is 124 g/mol. The van der Waals surface area contributed by atoms with Crippen LogP contribution in [0, 0.1) is 0 Å². The molecular formula is H4BF4NNa-. The first-order valence-corrected chi connectivity index (χ1v) is 0.873. The molecule has 0 aliphatic heterocycles. The van der Waals surface area contributed by atoms with Gasteiger partial charge >= 0.3 is 36.8 Å². The summed E-state index contributed by atoms with van der Waals surface area (Å²) in [5, 5.41) is 0. The van der Waals surface area contributed by atoms with Crippen LogP contribution in [0.4, 0.5) is 17.3 Å². The largest absolute Gasteiger partial charge is 1.00 e. The zero-order valence-corrected chi connectivity index (χ0v) is 5.80. The van der Waals surface area contributed by atoms with Gasteiger partial charge in [0.2, 0.25) is 0 Å². The average molecular weight is 128 g/mol. The molecule has 0 radical (unpaired) electrons. The smallest absolute Gasteiger partial charge is 1.00 e. The topological polar surface area (TPSA) is 35.0 Å². The summed E-state index contributed by atoms with van der Waals surface area (Å²) >= 11 is 0. The van der Waals surface area contributed by atoms with Gasteiger partial charge in [0.25, 0.3) is 0 Å². The normalized spacial score (nSPS) is 8.57. The molecule has 3 N–H and O–H groups in total. The van der Waals surface area contributed by atoms with Gasteiger partial charge in [0, 0.05) is 0 Å². The maximum Gasteiger partial charge on any atom is 1.00 e. The summed E-state index contributed by atoms with van der Waals surface area (Å²) in [5.74, 6) is 0. The molecule has 7 heteroatoms. The first-order chi connectivity index (χ1) is 2.00. The molecule has 7 heavy (non-hydrogen) atoms. The van der Waals surface area contributed by atoms with Crippen molar-refractivity contribution in [2.24, 2.45) is 0 Å². The second-order valence-electron chi connectivity index (χ2n) is 0.495. The number of hydrogen-bond donors (Lipinski definition) is 1. The Bertz CT molecular complexity index is 31.5. The molecule has 0 saturated heterocycles. The molecule has 0 heterocycles. The van der Waals surface area contributed by atoms with Crippen LogP contribution in [-0.2, 0) is 0 Å². The molecule has 42 valence electrons. The van der Waals surface area contributed by atoms with Gasteiger partial charge in [0.05, 0.1) is 0 Å². The predicted octanol–water partition coefficient (Wildman–Crippen LogP) is -1.42. The molecule has 0 aromatic heterocycles. The second-order valence-corrected chi connectivity index (χ2v) is 0.495. The minimum absolute atomic E-state index is 0. The Morgan fingerprint density at radius 3 is 1.00 bits per heavy atom. The Balaban J connectivity index is -0.0000000267. The molecule has 0 bridgehead atoms. The first kappa shape index (κ1) is 15.6. The van der Waals surface area contributed by atoms with Crippen molar-refractivity contribution in [2.75, 3.05) is 0 Å². The molecule has 0 rings (SSSR count). The van der Waals surface area contributed by atoms with E-state index in [1.54, 1.807) is 0 Å². The number of halogens is 4. The molecule has 1 nitrogen and oxygen atoms in total. The van der Waals surface area contributed by atoms with E-state index >= 15 is 0 Å². The van der Waals surface area contributed by atoms with Crippen LogP contribution >= 0.6 is 0 Å². The van der Waals surface area contributed by atoms with Crippen LogP contribution in [0.25, 0.3) is 0 Å². The molecule has 0 unspecified atom stereocenters. The summed E-state index contributed by atoms with van der Waals surface area (Å²) < 4.78 is 39.0. The summed E-state index contributed by atoms with van der Waals surface area (Å²) in [5.41, 5.74) is 0. The van der Waals surface area contributed by atoms with Crippen molar-refractivity contribution in [3.63, 3.8) is 0 Å². The zero-order chi connectivity index (χ0) is 4.50. The van der Waals surface area contributed by atoms with E-state index in [1.807, 2.05) is 0 Å². The van der Waals surface area contributed by atoms with Crippen molar-refractivity contribution < 1.29 is 48.2 Å². The maximum atomic E-state index is 9.75. The number of rotatable bonds is 0. The van der Waals surface area contributed by atoms with Gasteiger partial charge in [-0.2, -0.15) is 0 Å². The van der Waals surface area contributed by atoms with Gasteiger partial charge < -0.3 is 24.8 Å². The molecule has 0 spiro atoms. The van der Waals surface area contributed by atoms with Gasteiger partial charge in [0.1, 0.15) is 0 Å². The summed E-state index contributed by atoms with van der Waals surface area (Å²) in [6.07, 6.45) is 0. The number of hydrogen-bond acceptors (Lipinski definition) is 1. The average Bonchev–Trinajstić information content (AvgIpc) is 0.722. The van der Waals surface area contributed by atoms with Gasteiger partial charge in [0.15, 0.2) is 0 Å². The van der Waals surface area contributed by atoms with E-state index in [4.69, 9.17) is 0 Å². The van der Waals surface area contributed by atoms with Crippen molar-refractivity contribution in [1.82, 2.24) is 6.15 Å². The van der Waals surface area contributed by atoms with Gasteiger partial charge in [-0.3, -0.25) is 0 Å². The Labute approximate surface area is 61.9 Å². The molecule has 0 atom stereocenters. The van der Waals surface area contributed by atoms with Crippen molar-refractivity contribution in [2.45, 2.75) is 0 Å². The van der Waals surface area contributed by atoms with Gasteiger partial charge in [-0.1, -0.05) is 0 Å². The maximum absolute atomic E-state index is 9.75. The van der Waals surface area contributed by atoms with Crippen molar-refractivity contribution in [1.29, 1.82) is 0 Å². The fourth-order valence-electron chi connectivity index (χ4n) is 0. The standard InChI is InChI=1S/BF4.H3N.Na.H/c2-1(3,4)5;;;/h;1H3;;/q-1;;+1;-1. The van der Waals surface area contributed by atoms with E-state index in [9.17, 15) is 17.3 Å².